The highest BCUT2D eigenvalue weighted by molar-refractivity contribution is 9.10. The van der Waals surface area contributed by atoms with Gasteiger partial charge in [0.25, 0.3) is 5.22 Å². The van der Waals surface area contributed by atoms with E-state index in [4.69, 9.17) is 4.42 Å². The molecule has 0 aliphatic heterocycles. The van der Waals surface area contributed by atoms with Gasteiger partial charge in [0.1, 0.15) is 0 Å². The van der Waals surface area contributed by atoms with Crippen LogP contribution in [0.5, 0.6) is 0 Å². The zero-order valence-electron chi connectivity index (χ0n) is 15.2. The van der Waals surface area contributed by atoms with Crippen LogP contribution in [0.3, 0.4) is 0 Å². The molecule has 0 unspecified atom stereocenters. The summed E-state index contributed by atoms with van der Waals surface area (Å²) in [5.74, 6) is -0.146. The number of halogens is 1. The molecule has 2 N–H and O–H groups in total. The van der Waals surface area contributed by atoms with E-state index in [1.165, 1.54) is 0 Å². The summed E-state index contributed by atoms with van der Waals surface area (Å²) in [7, 11) is 0. The maximum Gasteiger partial charge on any atom is 0.325 e. The predicted octanol–water partition coefficient (Wildman–Crippen LogP) is 4.56. The Balaban J connectivity index is 1.51. The molecular formula is C19H17BrN4O3S. The summed E-state index contributed by atoms with van der Waals surface area (Å²) < 4.78 is 6.39. The Morgan fingerprint density at radius 3 is 2.64 bits per heavy atom. The van der Waals surface area contributed by atoms with E-state index in [0.717, 1.165) is 32.9 Å². The van der Waals surface area contributed by atoms with E-state index in [-0.39, 0.29) is 11.0 Å². The second kappa shape index (κ2) is 9.03. The van der Waals surface area contributed by atoms with Gasteiger partial charge in [0.15, 0.2) is 0 Å². The van der Waals surface area contributed by atoms with Crippen molar-refractivity contribution in [3.05, 3.63) is 58.1 Å². The number of urea groups is 1. The van der Waals surface area contributed by atoms with E-state index >= 15 is 0 Å². The number of amides is 3. The monoisotopic (exact) mass is 460 g/mol. The number of carbonyl (C=O) groups is 2. The molecular weight excluding hydrogens is 444 g/mol. The highest BCUT2D eigenvalue weighted by atomic mass is 79.9. The fourth-order valence-electron chi connectivity index (χ4n) is 2.28. The van der Waals surface area contributed by atoms with Gasteiger partial charge in [0.05, 0.1) is 11.3 Å². The van der Waals surface area contributed by atoms with Crippen LogP contribution >= 0.6 is 27.7 Å². The van der Waals surface area contributed by atoms with Crippen LogP contribution in [0.4, 0.5) is 10.5 Å². The molecule has 144 valence electrons. The van der Waals surface area contributed by atoms with Crippen molar-refractivity contribution < 1.29 is 14.0 Å². The lowest BCUT2D eigenvalue weighted by Gasteiger charge is -2.08. The third-order valence-corrected chi connectivity index (χ3v) is 5.37. The molecule has 28 heavy (non-hydrogen) atoms. The topological polar surface area (TPSA) is 97.1 Å². The van der Waals surface area contributed by atoms with Crippen molar-refractivity contribution in [2.75, 3.05) is 11.1 Å². The van der Waals surface area contributed by atoms with Crippen LogP contribution in [0.15, 0.2) is 56.6 Å². The number of benzene rings is 2. The highest BCUT2D eigenvalue weighted by Gasteiger charge is 2.14. The number of aromatic nitrogens is 2. The molecule has 0 aliphatic carbocycles. The third kappa shape index (κ3) is 5.20. The second-order valence-electron chi connectivity index (χ2n) is 5.94. The molecule has 0 atom stereocenters. The molecule has 1 aromatic heterocycles. The normalized spacial score (nSPS) is 10.5. The van der Waals surface area contributed by atoms with E-state index in [1.807, 2.05) is 50.2 Å². The number of nitrogens with one attached hydrogen (secondary N) is 2. The Morgan fingerprint density at radius 1 is 1.11 bits per heavy atom. The summed E-state index contributed by atoms with van der Waals surface area (Å²) in [6.45, 7) is 3.94. The van der Waals surface area contributed by atoms with Gasteiger partial charge in [-0.1, -0.05) is 30.0 Å². The summed E-state index contributed by atoms with van der Waals surface area (Å²) >= 11 is 4.48. The first kappa shape index (κ1) is 20.1. The van der Waals surface area contributed by atoms with Crippen LogP contribution in [-0.4, -0.2) is 27.9 Å². The minimum absolute atomic E-state index is 0.0298. The predicted molar refractivity (Wildman–Crippen MR) is 111 cm³/mol. The van der Waals surface area contributed by atoms with E-state index in [0.29, 0.717) is 11.6 Å². The Labute approximate surface area is 174 Å². The average molecular weight is 461 g/mol. The van der Waals surface area contributed by atoms with Gasteiger partial charge in [0, 0.05) is 10.2 Å². The summed E-state index contributed by atoms with van der Waals surface area (Å²) in [5.41, 5.74) is 3.56. The van der Waals surface area contributed by atoms with Gasteiger partial charge < -0.3 is 9.73 Å². The van der Waals surface area contributed by atoms with Crippen molar-refractivity contribution in [3.8, 4) is 11.5 Å². The molecule has 0 aliphatic rings. The zero-order chi connectivity index (χ0) is 20.1. The summed E-state index contributed by atoms with van der Waals surface area (Å²) in [5, 5.41) is 13.0. The molecule has 0 spiro atoms. The Hall–Kier alpha value is -2.65. The maximum atomic E-state index is 12.0. The smallest absolute Gasteiger partial charge is 0.325 e. The third-order valence-electron chi connectivity index (χ3n) is 3.86. The molecule has 3 aromatic rings. The van der Waals surface area contributed by atoms with Crippen LogP contribution < -0.4 is 10.6 Å². The van der Waals surface area contributed by atoms with Gasteiger partial charge in [-0.25, -0.2) is 4.79 Å². The minimum atomic E-state index is -0.590. The van der Waals surface area contributed by atoms with Gasteiger partial charge in [-0.15, -0.1) is 10.2 Å². The molecule has 0 saturated heterocycles. The zero-order valence-corrected chi connectivity index (χ0v) is 17.6. The molecule has 2 aromatic carbocycles. The average Bonchev–Trinajstić information content (AvgIpc) is 3.12. The number of hydrogen-bond donors (Lipinski definition) is 2. The van der Waals surface area contributed by atoms with E-state index < -0.39 is 11.9 Å². The number of carbonyl (C=O) groups excluding carboxylic acids is 2. The molecule has 7 nitrogen and oxygen atoms in total. The second-order valence-corrected chi connectivity index (χ2v) is 7.72. The first-order valence-corrected chi connectivity index (χ1v) is 10.1. The lowest BCUT2D eigenvalue weighted by Crippen LogP contribution is -2.35. The molecule has 0 saturated carbocycles. The van der Waals surface area contributed by atoms with Crippen molar-refractivity contribution >= 4 is 45.3 Å². The van der Waals surface area contributed by atoms with Crippen LogP contribution in [0, 0.1) is 13.8 Å². The Kier molecular flexibility index (Phi) is 6.48. The molecule has 0 bridgehead atoms. The van der Waals surface area contributed by atoms with E-state index in [1.54, 1.807) is 6.07 Å². The first-order chi connectivity index (χ1) is 13.4. The number of anilines is 1. The molecule has 9 heteroatoms. The number of nitrogens with zero attached hydrogens (tertiary/aromatic N) is 2. The highest BCUT2D eigenvalue weighted by Crippen LogP contribution is 2.28. The van der Waals surface area contributed by atoms with Gasteiger partial charge >= 0.3 is 6.03 Å². The fourth-order valence-corrected chi connectivity index (χ4v) is 3.30. The number of aryl methyl sites for hydroxylation is 2. The Bertz CT molecular complexity index is 1020. The number of hydrogen-bond acceptors (Lipinski definition) is 6. The van der Waals surface area contributed by atoms with Crippen molar-refractivity contribution in [1.82, 2.24) is 15.5 Å². The quantitative estimate of drug-likeness (QED) is 0.541. The van der Waals surface area contributed by atoms with Gasteiger partial charge in [-0.2, -0.15) is 0 Å². The molecule has 1 heterocycles. The lowest BCUT2D eigenvalue weighted by atomic mass is 10.1. The van der Waals surface area contributed by atoms with Crippen LogP contribution in [0.2, 0.25) is 0 Å². The van der Waals surface area contributed by atoms with Crippen molar-refractivity contribution in [1.29, 1.82) is 0 Å². The number of thioether (sulfide) groups is 1. The van der Waals surface area contributed by atoms with Crippen LogP contribution in [0.1, 0.15) is 11.1 Å². The van der Waals surface area contributed by atoms with Gasteiger partial charge in [-0.05, 0) is 65.2 Å². The maximum absolute atomic E-state index is 12.0. The minimum Gasteiger partial charge on any atom is -0.411 e. The number of imide groups is 1. The van der Waals surface area contributed by atoms with Gasteiger partial charge in [-0.3, -0.25) is 10.1 Å². The lowest BCUT2D eigenvalue weighted by molar-refractivity contribution is -0.117. The molecule has 3 rings (SSSR count). The van der Waals surface area contributed by atoms with Crippen molar-refractivity contribution in [2.24, 2.45) is 0 Å². The van der Waals surface area contributed by atoms with E-state index in [2.05, 4.69) is 36.8 Å². The standard InChI is InChI=1S/C19H17BrN4O3S/c1-11-7-8-13(9-12(11)2)21-18(26)22-16(25)10-28-19-24-23-17(27-19)14-5-3-4-6-15(14)20/h3-9H,10H2,1-2H3,(H2,21,22,25,26). The first-order valence-electron chi connectivity index (χ1n) is 8.31. The molecule has 0 fully saturated rings. The van der Waals surface area contributed by atoms with Crippen molar-refractivity contribution in [3.63, 3.8) is 0 Å². The van der Waals surface area contributed by atoms with Crippen LogP contribution in [0.25, 0.3) is 11.5 Å². The fraction of sp³-hybridized carbons (Fsp3) is 0.158. The van der Waals surface area contributed by atoms with Gasteiger partial charge in [0.2, 0.25) is 11.8 Å². The number of rotatable bonds is 5. The summed E-state index contributed by atoms with van der Waals surface area (Å²) in [4.78, 5) is 23.9. The SMILES string of the molecule is Cc1ccc(NC(=O)NC(=O)CSc2nnc(-c3ccccc3Br)o2)cc1C. The van der Waals surface area contributed by atoms with Crippen molar-refractivity contribution in [2.45, 2.75) is 19.1 Å². The largest absolute Gasteiger partial charge is 0.411 e. The van der Waals surface area contributed by atoms with Crippen LogP contribution in [-0.2, 0) is 4.79 Å². The van der Waals surface area contributed by atoms with E-state index in [9.17, 15) is 9.59 Å². The molecule has 3 amide bonds. The summed E-state index contributed by atoms with van der Waals surface area (Å²) in [6, 6.07) is 12.4. The Morgan fingerprint density at radius 2 is 1.89 bits per heavy atom. The summed E-state index contributed by atoms with van der Waals surface area (Å²) in [6.07, 6.45) is 0. The molecule has 0 radical (unpaired) electrons.